The minimum Gasteiger partial charge on any atom is -0.379 e. The second kappa shape index (κ2) is 24.6. The van der Waals surface area contributed by atoms with E-state index in [1.165, 1.54) is 103 Å². The van der Waals surface area contributed by atoms with Crippen molar-refractivity contribution >= 4 is 23.8 Å². The topological polar surface area (TPSA) is 74.2 Å². The second-order valence-electron chi connectivity index (χ2n) is 8.52. The van der Waals surface area contributed by atoms with Crippen LogP contribution in [0.5, 0.6) is 0 Å². The highest BCUT2D eigenvalue weighted by molar-refractivity contribution is 9.09. The van der Waals surface area contributed by atoms with Gasteiger partial charge in [0, 0.05) is 19.0 Å². The number of hydrogen-bond acceptors (Lipinski definition) is 5. The number of methoxy groups -OCH3 is 1. The van der Waals surface area contributed by atoms with Gasteiger partial charge < -0.3 is 14.4 Å². The Kier molecular flexibility index (Phi) is 25.0. The summed E-state index contributed by atoms with van der Waals surface area (Å²) in [7, 11) is -2.48. The van der Waals surface area contributed by atoms with Crippen LogP contribution in [0.15, 0.2) is 0 Å². The van der Waals surface area contributed by atoms with Gasteiger partial charge in [-0.05, 0) is 6.42 Å². The smallest absolute Gasteiger partial charge is 0.379 e. The molecule has 0 saturated carbocycles. The largest absolute Gasteiger partial charge is 0.472 e. The van der Waals surface area contributed by atoms with Crippen LogP contribution in [0.25, 0.3) is 0 Å². The number of phosphoric acid groups is 1. The van der Waals surface area contributed by atoms with Crippen LogP contribution < -0.4 is 0 Å². The van der Waals surface area contributed by atoms with Gasteiger partial charge in [0.25, 0.3) is 0 Å². The number of phosphoric ester groups is 1. The molecule has 0 amide bonds. The first-order valence-electron chi connectivity index (χ1n) is 12.8. The van der Waals surface area contributed by atoms with E-state index >= 15 is 0 Å². The molecule has 194 valence electrons. The maximum Gasteiger partial charge on any atom is 0.472 e. The first-order chi connectivity index (χ1) is 15.6. The molecule has 2 atom stereocenters. The maximum atomic E-state index is 11.6. The second-order valence-corrected chi connectivity index (χ2v) is 10.8. The molecule has 0 aromatic carbocycles. The molecule has 0 fully saturated rings. The number of alkyl halides is 1. The molecule has 0 aliphatic heterocycles. The van der Waals surface area contributed by atoms with E-state index in [1.807, 2.05) is 0 Å². The van der Waals surface area contributed by atoms with Gasteiger partial charge in [-0.25, -0.2) is 4.57 Å². The van der Waals surface area contributed by atoms with Gasteiger partial charge in [0.2, 0.25) is 0 Å². The van der Waals surface area contributed by atoms with Crippen molar-refractivity contribution in [1.29, 1.82) is 0 Å². The van der Waals surface area contributed by atoms with Gasteiger partial charge in [-0.15, -0.1) is 0 Å². The highest BCUT2D eigenvalue weighted by Gasteiger charge is 2.23. The summed E-state index contributed by atoms with van der Waals surface area (Å²) in [6, 6.07) is 0. The number of rotatable bonds is 26. The molecular formula is C24H50BrO6P. The van der Waals surface area contributed by atoms with Gasteiger partial charge in [0.1, 0.15) is 6.10 Å². The van der Waals surface area contributed by atoms with Crippen LogP contribution in [0, 0.1) is 0 Å². The molecule has 0 radical (unpaired) electrons. The predicted molar refractivity (Wildman–Crippen MR) is 137 cm³/mol. The molecule has 0 saturated heterocycles. The summed E-state index contributed by atoms with van der Waals surface area (Å²) < 4.78 is 32.2. The summed E-state index contributed by atoms with van der Waals surface area (Å²) in [6.07, 6.45) is 21.2. The SMILES string of the molecule is CCCCCCCCCCCCCCCCCCOC[C@H](COP(=O)(O)OCCBr)OC. The molecule has 0 aliphatic carbocycles. The Morgan fingerprint density at radius 2 is 1.19 bits per heavy atom. The predicted octanol–water partition coefficient (Wildman–Crippen LogP) is 7.81. The van der Waals surface area contributed by atoms with Crippen molar-refractivity contribution in [3.8, 4) is 0 Å². The highest BCUT2D eigenvalue weighted by atomic mass is 79.9. The lowest BCUT2D eigenvalue weighted by Crippen LogP contribution is -2.24. The molecule has 32 heavy (non-hydrogen) atoms. The van der Waals surface area contributed by atoms with Crippen LogP contribution in [0.1, 0.15) is 110 Å². The molecule has 6 nitrogen and oxygen atoms in total. The minimum atomic E-state index is -4.02. The molecule has 0 aromatic rings. The lowest BCUT2D eigenvalue weighted by atomic mass is 10.0. The fourth-order valence-corrected chi connectivity index (χ4v) is 4.68. The number of halogens is 1. The summed E-state index contributed by atoms with van der Waals surface area (Å²) in [5.41, 5.74) is 0. The zero-order valence-electron chi connectivity index (χ0n) is 20.7. The molecule has 1 N–H and O–H groups in total. The average molecular weight is 546 g/mol. The van der Waals surface area contributed by atoms with Gasteiger partial charge in [-0.1, -0.05) is 119 Å². The molecule has 0 aliphatic rings. The quantitative estimate of drug-likeness (QED) is 0.0679. The van der Waals surface area contributed by atoms with Crippen molar-refractivity contribution in [2.45, 2.75) is 116 Å². The van der Waals surface area contributed by atoms with E-state index in [0.29, 0.717) is 18.5 Å². The molecule has 1 unspecified atom stereocenters. The molecule has 0 aromatic heterocycles. The number of hydrogen-bond donors (Lipinski definition) is 1. The van der Waals surface area contributed by atoms with Crippen molar-refractivity contribution in [1.82, 2.24) is 0 Å². The highest BCUT2D eigenvalue weighted by Crippen LogP contribution is 2.43. The van der Waals surface area contributed by atoms with Gasteiger partial charge in [0.05, 0.1) is 19.8 Å². The summed E-state index contributed by atoms with van der Waals surface area (Å²) >= 11 is 3.13. The Morgan fingerprint density at radius 1 is 0.719 bits per heavy atom. The van der Waals surface area contributed by atoms with Gasteiger partial charge >= 0.3 is 7.82 Å². The van der Waals surface area contributed by atoms with E-state index < -0.39 is 7.82 Å². The first kappa shape index (κ1) is 32.5. The van der Waals surface area contributed by atoms with Crippen LogP contribution in [0.2, 0.25) is 0 Å². The van der Waals surface area contributed by atoms with Gasteiger partial charge in [0.15, 0.2) is 0 Å². The lowest BCUT2D eigenvalue weighted by Gasteiger charge is -2.18. The molecule has 0 spiro atoms. The van der Waals surface area contributed by atoms with Crippen molar-refractivity contribution in [3.63, 3.8) is 0 Å². The monoisotopic (exact) mass is 544 g/mol. The molecule has 0 bridgehead atoms. The fourth-order valence-electron chi connectivity index (χ4n) is 3.52. The fraction of sp³-hybridized carbons (Fsp3) is 1.00. The Hall–Kier alpha value is 0.510. The Balaban J connectivity index is 3.36. The van der Waals surface area contributed by atoms with E-state index in [4.69, 9.17) is 18.5 Å². The summed E-state index contributed by atoms with van der Waals surface area (Å²) in [5.74, 6) is 0. The van der Waals surface area contributed by atoms with Crippen LogP contribution in [-0.4, -0.2) is 49.9 Å². The van der Waals surface area contributed by atoms with Crippen molar-refractivity contribution in [2.75, 3.05) is 38.9 Å². The van der Waals surface area contributed by atoms with Gasteiger partial charge in [-0.3, -0.25) is 9.05 Å². The normalized spacial score (nSPS) is 14.5. The first-order valence-corrected chi connectivity index (χ1v) is 15.5. The molecular weight excluding hydrogens is 495 g/mol. The minimum absolute atomic E-state index is 0.0362. The lowest BCUT2D eigenvalue weighted by molar-refractivity contribution is -0.0218. The number of ether oxygens (including phenoxy) is 2. The van der Waals surface area contributed by atoms with E-state index in [9.17, 15) is 9.46 Å². The van der Waals surface area contributed by atoms with Crippen molar-refractivity contribution in [3.05, 3.63) is 0 Å². The molecule has 0 heterocycles. The zero-order chi connectivity index (χ0) is 23.8. The van der Waals surface area contributed by atoms with E-state index in [2.05, 4.69) is 22.9 Å². The average Bonchev–Trinajstić information content (AvgIpc) is 2.79. The third-order valence-electron chi connectivity index (χ3n) is 5.53. The van der Waals surface area contributed by atoms with Crippen LogP contribution >= 0.6 is 23.8 Å². The third-order valence-corrected chi connectivity index (χ3v) is 6.84. The van der Waals surface area contributed by atoms with Crippen molar-refractivity contribution < 1.29 is 28.0 Å². The van der Waals surface area contributed by atoms with Crippen LogP contribution in [0.4, 0.5) is 0 Å². The summed E-state index contributed by atoms with van der Waals surface area (Å²) in [5, 5.41) is 0.469. The van der Waals surface area contributed by atoms with E-state index in [1.54, 1.807) is 0 Å². The third kappa shape index (κ3) is 23.7. The van der Waals surface area contributed by atoms with E-state index in [0.717, 1.165) is 6.42 Å². The Bertz CT molecular complexity index is 427. The molecule has 0 rings (SSSR count). The molecule has 8 heteroatoms. The summed E-state index contributed by atoms with van der Waals surface area (Å²) in [6.45, 7) is 3.37. The maximum absolute atomic E-state index is 11.6. The zero-order valence-corrected chi connectivity index (χ0v) is 23.2. The van der Waals surface area contributed by atoms with Gasteiger partial charge in [-0.2, -0.15) is 0 Å². The Morgan fingerprint density at radius 3 is 1.62 bits per heavy atom. The van der Waals surface area contributed by atoms with E-state index in [-0.39, 0.29) is 19.3 Å². The van der Waals surface area contributed by atoms with Crippen LogP contribution in [-0.2, 0) is 23.1 Å². The van der Waals surface area contributed by atoms with Crippen molar-refractivity contribution in [2.24, 2.45) is 0 Å². The number of unbranched alkanes of at least 4 members (excludes halogenated alkanes) is 15. The van der Waals surface area contributed by atoms with Crippen LogP contribution in [0.3, 0.4) is 0 Å². The summed E-state index contributed by atoms with van der Waals surface area (Å²) in [4.78, 5) is 9.51. The standard InChI is InChI=1S/C24H50BrO6P/c1-3-4-5-6-7-8-9-10-11-12-13-14-15-16-17-18-20-29-22-24(28-2)23-31-32(26,27)30-21-19-25/h24H,3-23H2,1-2H3,(H,26,27)/t24-/m1/s1. The Labute approximate surface area is 206 Å².